The lowest BCUT2D eigenvalue weighted by atomic mass is 10.1. The number of fused-ring (bicyclic) bond motifs is 1. The Bertz CT molecular complexity index is 584. The van der Waals surface area contributed by atoms with Crippen LogP contribution in [0.1, 0.15) is 16.1 Å². The largest absolute Gasteiger partial charge is 0.453 e. The van der Waals surface area contributed by atoms with Crippen LogP contribution in [0.25, 0.3) is 11.0 Å². The molecule has 2 heterocycles. The van der Waals surface area contributed by atoms with Gasteiger partial charge in [0.1, 0.15) is 5.58 Å². The van der Waals surface area contributed by atoms with Gasteiger partial charge < -0.3 is 9.73 Å². The lowest BCUT2D eigenvalue weighted by molar-refractivity contribution is 0.0927. The maximum atomic E-state index is 12.3. The molecule has 1 unspecified atom stereocenters. The van der Waals surface area contributed by atoms with Gasteiger partial charge in [0, 0.05) is 23.4 Å². The highest BCUT2D eigenvalue weighted by molar-refractivity contribution is 7.99. The molecule has 3 rings (SSSR count). The number of furan rings is 1. The zero-order chi connectivity index (χ0) is 12.5. The highest BCUT2D eigenvalue weighted by atomic mass is 32.2. The van der Waals surface area contributed by atoms with Crippen molar-refractivity contribution in [3.05, 3.63) is 35.6 Å². The Morgan fingerprint density at radius 3 is 3.11 bits per heavy atom. The van der Waals surface area contributed by atoms with Crippen LogP contribution in [-0.2, 0) is 0 Å². The Morgan fingerprint density at radius 2 is 2.33 bits per heavy atom. The lowest BCUT2D eigenvalue weighted by Gasteiger charge is -2.20. The van der Waals surface area contributed by atoms with Gasteiger partial charge in [0.15, 0.2) is 5.76 Å². The summed E-state index contributed by atoms with van der Waals surface area (Å²) >= 11 is 1.81. The maximum absolute atomic E-state index is 12.3. The minimum Gasteiger partial charge on any atom is -0.453 e. The molecule has 4 heteroatoms. The van der Waals surface area contributed by atoms with Crippen molar-refractivity contribution in [1.82, 2.24) is 5.32 Å². The SMILES string of the molecule is Cc1ccc2oc(C(=O)C3CSCCN3)cc2c1. The number of Topliss-reactive ketones (excluding diaryl/α,β-unsaturated/α-hetero) is 1. The average Bonchev–Trinajstić information content (AvgIpc) is 2.81. The van der Waals surface area contributed by atoms with Crippen LogP contribution < -0.4 is 5.32 Å². The van der Waals surface area contributed by atoms with Crippen LogP contribution >= 0.6 is 11.8 Å². The van der Waals surface area contributed by atoms with Crippen LogP contribution in [0.3, 0.4) is 0 Å². The topological polar surface area (TPSA) is 42.2 Å². The molecule has 18 heavy (non-hydrogen) atoms. The van der Waals surface area contributed by atoms with Crippen LogP contribution in [0.4, 0.5) is 0 Å². The number of carbonyl (C=O) groups is 1. The molecule has 0 aliphatic carbocycles. The first-order valence-corrected chi connectivity index (χ1v) is 7.25. The first kappa shape index (κ1) is 11.8. The van der Waals surface area contributed by atoms with Gasteiger partial charge in [0.25, 0.3) is 0 Å². The van der Waals surface area contributed by atoms with Crippen molar-refractivity contribution < 1.29 is 9.21 Å². The zero-order valence-corrected chi connectivity index (χ0v) is 11.0. The molecule has 1 fully saturated rings. The molecule has 3 nitrogen and oxygen atoms in total. The molecule has 0 amide bonds. The summed E-state index contributed by atoms with van der Waals surface area (Å²) in [6, 6.07) is 7.70. The molecule has 0 radical (unpaired) electrons. The lowest BCUT2D eigenvalue weighted by Crippen LogP contribution is -2.43. The first-order chi connectivity index (χ1) is 8.74. The number of thioether (sulfide) groups is 1. The van der Waals surface area contributed by atoms with Crippen LogP contribution in [0, 0.1) is 6.92 Å². The van der Waals surface area contributed by atoms with E-state index in [0.29, 0.717) is 5.76 Å². The number of aryl methyl sites for hydroxylation is 1. The summed E-state index contributed by atoms with van der Waals surface area (Å²) in [6.45, 7) is 2.92. The Labute approximate surface area is 110 Å². The van der Waals surface area contributed by atoms with E-state index < -0.39 is 0 Å². The number of rotatable bonds is 2. The van der Waals surface area contributed by atoms with Crippen LogP contribution in [0.2, 0.25) is 0 Å². The Kier molecular flexibility index (Phi) is 3.14. The molecule has 0 bridgehead atoms. The number of nitrogens with one attached hydrogen (secondary N) is 1. The van der Waals surface area contributed by atoms with Crippen molar-refractivity contribution in [3.8, 4) is 0 Å². The zero-order valence-electron chi connectivity index (χ0n) is 10.2. The molecule has 1 aliphatic heterocycles. The number of hydrogen-bond acceptors (Lipinski definition) is 4. The summed E-state index contributed by atoms with van der Waals surface area (Å²) in [6.07, 6.45) is 0. The van der Waals surface area contributed by atoms with Crippen molar-refractivity contribution in [2.75, 3.05) is 18.1 Å². The molecular weight excluding hydrogens is 246 g/mol. The van der Waals surface area contributed by atoms with E-state index in [-0.39, 0.29) is 11.8 Å². The Morgan fingerprint density at radius 1 is 1.44 bits per heavy atom. The van der Waals surface area contributed by atoms with Crippen molar-refractivity contribution in [2.24, 2.45) is 0 Å². The van der Waals surface area contributed by atoms with E-state index in [1.165, 1.54) is 5.56 Å². The normalized spacial score (nSPS) is 20.2. The molecule has 94 valence electrons. The summed E-state index contributed by atoms with van der Waals surface area (Å²) in [5.74, 6) is 2.43. The smallest absolute Gasteiger partial charge is 0.215 e. The van der Waals surface area contributed by atoms with Crippen molar-refractivity contribution >= 4 is 28.5 Å². The second-order valence-electron chi connectivity index (χ2n) is 4.60. The van der Waals surface area contributed by atoms with Gasteiger partial charge in [0.05, 0.1) is 6.04 Å². The van der Waals surface area contributed by atoms with Crippen molar-refractivity contribution in [3.63, 3.8) is 0 Å². The summed E-state index contributed by atoms with van der Waals surface area (Å²) in [5, 5.41) is 4.24. The minimum absolute atomic E-state index is 0.0658. The van der Waals surface area contributed by atoms with E-state index in [2.05, 4.69) is 5.32 Å². The van der Waals surface area contributed by atoms with Gasteiger partial charge in [-0.3, -0.25) is 4.79 Å². The number of hydrogen-bond donors (Lipinski definition) is 1. The maximum Gasteiger partial charge on any atom is 0.215 e. The van der Waals surface area contributed by atoms with Crippen LogP contribution in [0.15, 0.2) is 28.7 Å². The standard InChI is InChI=1S/C14H15NO2S/c1-9-2-3-12-10(6-9)7-13(17-12)14(16)11-8-18-5-4-15-11/h2-3,6-7,11,15H,4-5,8H2,1H3. The number of ketones is 1. The average molecular weight is 261 g/mol. The summed E-state index contributed by atoms with van der Waals surface area (Å²) in [5.41, 5.74) is 1.96. The molecule has 1 aliphatic rings. The minimum atomic E-state index is -0.106. The molecule has 1 N–H and O–H groups in total. The highest BCUT2D eigenvalue weighted by Gasteiger charge is 2.24. The molecule has 1 aromatic carbocycles. The fourth-order valence-corrected chi connectivity index (χ4v) is 3.12. The van der Waals surface area contributed by atoms with Crippen LogP contribution in [0.5, 0.6) is 0 Å². The van der Waals surface area contributed by atoms with Gasteiger partial charge in [-0.2, -0.15) is 11.8 Å². The second-order valence-corrected chi connectivity index (χ2v) is 5.75. The monoisotopic (exact) mass is 261 g/mol. The summed E-state index contributed by atoms with van der Waals surface area (Å²) in [4.78, 5) is 12.3. The van der Waals surface area contributed by atoms with Gasteiger partial charge in [-0.25, -0.2) is 0 Å². The Hall–Kier alpha value is -1.26. The van der Waals surface area contributed by atoms with Gasteiger partial charge in [0.2, 0.25) is 5.78 Å². The van der Waals surface area contributed by atoms with Crippen molar-refractivity contribution in [1.29, 1.82) is 0 Å². The van der Waals surface area contributed by atoms with Crippen LogP contribution in [-0.4, -0.2) is 29.9 Å². The van der Waals surface area contributed by atoms with E-state index in [1.807, 2.05) is 43.0 Å². The van der Waals surface area contributed by atoms with E-state index in [1.54, 1.807) is 0 Å². The molecule has 0 saturated carbocycles. The fraction of sp³-hybridized carbons (Fsp3) is 0.357. The van der Waals surface area contributed by atoms with E-state index in [9.17, 15) is 4.79 Å². The van der Waals surface area contributed by atoms with Gasteiger partial charge >= 0.3 is 0 Å². The number of carbonyl (C=O) groups excluding carboxylic acids is 1. The fourth-order valence-electron chi connectivity index (χ4n) is 2.19. The molecule has 0 spiro atoms. The van der Waals surface area contributed by atoms with Gasteiger partial charge in [-0.1, -0.05) is 11.6 Å². The van der Waals surface area contributed by atoms with E-state index >= 15 is 0 Å². The molecule has 1 aromatic heterocycles. The second kappa shape index (κ2) is 4.78. The van der Waals surface area contributed by atoms with E-state index in [4.69, 9.17) is 4.42 Å². The molecule has 1 saturated heterocycles. The summed E-state index contributed by atoms with van der Waals surface area (Å²) in [7, 11) is 0. The van der Waals surface area contributed by atoms with Gasteiger partial charge in [-0.15, -0.1) is 0 Å². The summed E-state index contributed by atoms with van der Waals surface area (Å²) < 4.78 is 5.64. The van der Waals surface area contributed by atoms with Crippen molar-refractivity contribution in [2.45, 2.75) is 13.0 Å². The highest BCUT2D eigenvalue weighted by Crippen LogP contribution is 2.22. The van der Waals surface area contributed by atoms with E-state index in [0.717, 1.165) is 29.0 Å². The quantitative estimate of drug-likeness (QED) is 0.844. The first-order valence-electron chi connectivity index (χ1n) is 6.09. The third kappa shape index (κ3) is 2.18. The third-order valence-corrected chi connectivity index (χ3v) is 4.21. The predicted molar refractivity (Wildman–Crippen MR) is 74.4 cm³/mol. The third-order valence-electron chi connectivity index (χ3n) is 3.15. The Balaban J connectivity index is 1.91. The number of benzene rings is 1. The molecule has 1 atom stereocenters. The molecular formula is C14H15NO2S. The predicted octanol–water partition coefficient (Wildman–Crippen LogP) is 2.63. The van der Waals surface area contributed by atoms with Gasteiger partial charge in [-0.05, 0) is 25.1 Å². The molecule has 2 aromatic rings.